The number of phenols is 1. The second-order valence-electron chi connectivity index (χ2n) is 4.50. The van der Waals surface area contributed by atoms with E-state index in [1.54, 1.807) is 0 Å². The Morgan fingerprint density at radius 2 is 1.50 bits per heavy atom. The van der Waals surface area contributed by atoms with Crippen LogP contribution in [0.2, 0.25) is 0 Å². The number of hydrazine groups is 1. The number of halogens is 3. The van der Waals surface area contributed by atoms with Crippen LogP contribution in [-0.4, -0.2) is 22.4 Å². The molecule has 0 heterocycles. The topological polar surface area (TPSA) is 78.4 Å². The number of carbonyl (C=O) groups is 2. The molecule has 0 bridgehead atoms. The Morgan fingerprint density at radius 3 is 2.08 bits per heavy atom. The van der Waals surface area contributed by atoms with Crippen LogP contribution in [0.15, 0.2) is 53.4 Å². The Bertz CT molecular complexity index is 748. The number of aromatic hydroxyl groups is 1. The van der Waals surface area contributed by atoms with Crippen LogP contribution in [-0.2, 0) is 0 Å². The van der Waals surface area contributed by atoms with Gasteiger partial charge in [0.2, 0.25) is 0 Å². The number of hydrogen-bond donors (Lipinski definition) is 3. The number of thioether (sulfide) groups is 1. The minimum absolute atomic E-state index is 0.0327. The van der Waals surface area contributed by atoms with E-state index in [9.17, 15) is 27.9 Å². The maximum absolute atomic E-state index is 12.2. The van der Waals surface area contributed by atoms with Gasteiger partial charge in [-0.2, -0.15) is 13.2 Å². The third-order valence-electron chi connectivity index (χ3n) is 2.79. The van der Waals surface area contributed by atoms with E-state index in [1.807, 2.05) is 0 Å². The van der Waals surface area contributed by atoms with Crippen LogP contribution in [0.3, 0.4) is 0 Å². The van der Waals surface area contributed by atoms with Crippen molar-refractivity contribution < 1.29 is 27.9 Å². The quantitative estimate of drug-likeness (QED) is 0.583. The van der Waals surface area contributed by atoms with Crippen molar-refractivity contribution in [3.05, 3.63) is 59.7 Å². The predicted molar refractivity (Wildman–Crippen MR) is 81.4 cm³/mol. The van der Waals surface area contributed by atoms with Gasteiger partial charge in [-0.05, 0) is 48.2 Å². The van der Waals surface area contributed by atoms with E-state index >= 15 is 0 Å². The molecule has 0 aliphatic carbocycles. The summed E-state index contributed by atoms with van der Waals surface area (Å²) in [5.41, 5.74) is -0.151. The summed E-state index contributed by atoms with van der Waals surface area (Å²) in [5.74, 6) is -1.69. The highest BCUT2D eigenvalue weighted by molar-refractivity contribution is 8.00. The van der Waals surface area contributed by atoms with Crippen LogP contribution in [0.4, 0.5) is 13.2 Å². The van der Waals surface area contributed by atoms with E-state index in [0.29, 0.717) is 0 Å². The number of hydrogen-bond acceptors (Lipinski definition) is 4. The molecule has 3 N–H and O–H groups in total. The first kappa shape index (κ1) is 17.7. The molecule has 2 amide bonds. The predicted octanol–water partition coefficient (Wildman–Crippen LogP) is 3.08. The second kappa shape index (κ2) is 7.26. The van der Waals surface area contributed by atoms with Gasteiger partial charge in [0, 0.05) is 10.5 Å². The van der Waals surface area contributed by atoms with Gasteiger partial charge in [-0.25, -0.2) is 0 Å². The van der Waals surface area contributed by atoms with Gasteiger partial charge in [0.1, 0.15) is 5.75 Å². The van der Waals surface area contributed by atoms with E-state index < -0.39 is 17.3 Å². The molecule has 0 aromatic heterocycles. The normalized spacial score (nSPS) is 11.0. The maximum Gasteiger partial charge on any atom is 0.446 e. The molecule has 2 rings (SSSR count). The first-order valence-electron chi connectivity index (χ1n) is 6.51. The average Bonchev–Trinajstić information content (AvgIpc) is 2.52. The van der Waals surface area contributed by atoms with Crippen molar-refractivity contribution in [2.75, 3.05) is 0 Å². The summed E-state index contributed by atoms with van der Waals surface area (Å²) >= 11 is -0.291. The van der Waals surface area contributed by atoms with E-state index in [1.165, 1.54) is 36.4 Å². The highest BCUT2D eigenvalue weighted by atomic mass is 32.2. The first-order valence-corrected chi connectivity index (χ1v) is 7.32. The number of alkyl halides is 3. The lowest BCUT2D eigenvalue weighted by Gasteiger charge is -2.09. The molecule has 5 nitrogen and oxygen atoms in total. The molecule has 126 valence electrons. The summed E-state index contributed by atoms with van der Waals surface area (Å²) in [6.45, 7) is 0. The molecule has 0 saturated heterocycles. The van der Waals surface area contributed by atoms with Crippen molar-refractivity contribution >= 4 is 23.6 Å². The van der Waals surface area contributed by atoms with Gasteiger partial charge in [-0.1, -0.05) is 12.1 Å². The minimum Gasteiger partial charge on any atom is -0.507 e. The summed E-state index contributed by atoms with van der Waals surface area (Å²) in [7, 11) is 0. The van der Waals surface area contributed by atoms with Crippen LogP contribution in [0.1, 0.15) is 20.7 Å². The lowest BCUT2D eigenvalue weighted by atomic mass is 10.2. The van der Waals surface area contributed by atoms with Gasteiger partial charge in [0.25, 0.3) is 11.8 Å². The Balaban J connectivity index is 1.95. The standard InChI is InChI=1S/C15H11F3N2O3S/c16-15(17,18)24-10-7-5-9(6-8-10)13(22)19-20-14(23)11-3-1-2-4-12(11)21/h1-8,21H,(H,19,22)(H,20,23). The SMILES string of the molecule is O=C(NNC(=O)c1ccccc1O)c1ccc(SC(F)(F)F)cc1. The highest BCUT2D eigenvalue weighted by Gasteiger charge is 2.29. The molecule has 0 unspecified atom stereocenters. The monoisotopic (exact) mass is 356 g/mol. The third-order valence-corrected chi connectivity index (χ3v) is 3.53. The van der Waals surface area contributed by atoms with Crippen LogP contribution >= 0.6 is 11.8 Å². The first-order chi connectivity index (χ1) is 11.3. The van der Waals surface area contributed by atoms with Gasteiger partial charge in [-0.3, -0.25) is 20.4 Å². The smallest absolute Gasteiger partial charge is 0.446 e. The lowest BCUT2D eigenvalue weighted by Crippen LogP contribution is -2.41. The van der Waals surface area contributed by atoms with Crippen LogP contribution in [0, 0.1) is 0 Å². The fourth-order valence-corrected chi connectivity index (χ4v) is 2.27. The number of amides is 2. The summed E-state index contributed by atoms with van der Waals surface area (Å²) < 4.78 is 36.7. The van der Waals surface area contributed by atoms with Crippen molar-refractivity contribution in [2.45, 2.75) is 10.4 Å². The van der Waals surface area contributed by atoms with Gasteiger partial charge in [0.15, 0.2) is 0 Å². The molecule has 0 spiro atoms. The summed E-state index contributed by atoms with van der Waals surface area (Å²) in [4.78, 5) is 23.6. The molecule has 2 aromatic rings. The average molecular weight is 356 g/mol. The molecule has 0 aliphatic heterocycles. The van der Waals surface area contributed by atoms with Gasteiger partial charge in [-0.15, -0.1) is 0 Å². The van der Waals surface area contributed by atoms with Crippen LogP contribution < -0.4 is 10.9 Å². The van der Waals surface area contributed by atoms with Crippen molar-refractivity contribution in [1.82, 2.24) is 10.9 Å². The van der Waals surface area contributed by atoms with E-state index in [0.717, 1.165) is 12.1 Å². The fourth-order valence-electron chi connectivity index (χ4n) is 1.73. The molecule has 0 atom stereocenters. The van der Waals surface area contributed by atoms with Crippen molar-refractivity contribution in [2.24, 2.45) is 0 Å². The zero-order valence-corrected chi connectivity index (χ0v) is 12.7. The maximum atomic E-state index is 12.2. The Hall–Kier alpha value is -2.68. The molecular weight excluding hydrogens is 345 g/mol. The summed E-state index contributed by atoms with van der Waals surface area (Å²) in [5, 5.41) is 9.52. The van der Waals surface area contributed by atoms with Crippen LogP contribution in [0.5, 0.6) is 5.75 Å². The lowest BCUT2D eigenvalue weighted by molar-refractivity contribution is -0.0328. The molecule has 0 radical (unpaired) electrons. The molecule has 24 heavy (non-hydrogen) atoms. The summed E-state index contributed by atoms with van der Waals surface area (Å²) in [6.07, 6.45) is 0. The van der Waals surface area contributed by atoms with Gasteiger partial charge >= 0.3 is 5.51 Å². The number of rotatable bonds is 3. The minimum atomic E-state index is -4.41. The van der Waals surface area contributed by atoms with E-state index in [-0.39, 0.29) is 33.5 Å². The summed E-state index contributed by atoms with van der Waals surface area (Å²) in [6, 6.07) is 10.5. The molecule has 0 saturated carbocycles. The van der Waals surface area contributed by atoms with Crippen molar-refractivity contribution in [3.63, 3.8) is 0 Å². The molecule has 0 aliphatic rings. The molecule has 2 aromatic carbocycles. The Kier molecular flexibility index (Phi) is 5.35. The second-order valence-corrected chi connectivity index (χ2v) is 5.64. The molecule has 0 fully saturated rings. The van der Waals surface area contributed by atoms with Gasteiger partial charge < -0.3 is 5.11 Å². The van der Waals surface area contributed by atoms with E-state index in [2.05, 4.69) is 10.9 Å². The Morgan fingerprint density at radius 1 is 0.917 bits per heavy atom. The number of benzene rings is 2. The number of phenolic OH excluding ortho intramolecular Hbond substituents is 1. The molecular formula is C15H11F3N2O3S. The highest BCUT2D eigenvalue weighted by Crippen LogP contribution is 2.36. The number of nitrogens with one attached hydrogen (secondary N) is 2. The van der Waals surface area contributed by atoms with Gasteiger partial charge in [0.05, 0.1) is 5.56 Å². The van der Waals surface area contributed by atoms with Crippen molar-refractivity contribution in [1.29, 1.82) is 0 Å². The Labute approximate surface area is 138 Å². The largest absolute Gasteiger partial charge is 0.507 e. The zero-order valence-electron chi connectivity index (χ0n) is 11.9. The number of para-hydroxylation sites is 1. The fraction of sp³-hybridized carbons (Fsp3) is 0.0667. The third kappa shape index (κ3) is 4.92. The zero-order chi connectivity index (χ0) is 17.7. The van der Waals surface area contributed by atoms with Crippen LogP contribution in [0.25, 0.3) is 0 Å². The van der Waals surface area contributed by atoms with E-state index in [4.69, 9.17) is 0 Å². The number of carbonyl (C=O) groups excluding carboxylic acids is 2. The van der Waals surface area contributed by atoms with Crippen molar-refractivity contribution in [3.8, 4) is 5.75 Å². The molecule has 9 heteroatoms.